The van der Waals surface area contributed by atoms with Crippen LogP contribution in [0.5, 0.6) is 0 Å². The molecule has 0 unspecified atom stereocenters. The van der Waals surface area contributed by atoms with Crippen molar-refractivity contribution in [1.82, 2.24) is 0 Å². The molecule has 0 saturated heterocycles. The molecule has 0 amide bonds. The molecule has 0 nitrogen and oxygen atoms in total. The maximum Gasteiger partial charge on any atom is -0.0248 e. The summed E-state index contributed by atoms with van der Waals surface area (Å²) in [7, 11) is 0. The van der Waals surface area contributed by atoms with Gasteiger partial charge in [-0.1, -0.05) is 392 Å². The molecule has 0 aliphatic heterocycles. The van der Waals surface area contributed by atoms with Gasteiger partial charge in [0.2, 0.25) is 0 Å². The Morgan fingerprint density at radius 3 is 0.605 bits per heavy atom. The minimum Gasteiger partial charge on any atom is -0.0620 e. The van der Waals surface area contributed by atoms with E-state index < -0.39 is 0 Å². The van der Waals surface area contributed by atoms with Crippen molar-refractivity contribution in [3.63, 3.8) is 0 Å². The van der Waals surface area contributed by atoms with Gasteiger partial charge in [-0.15, -0.1) is 0 Å². The lowest BCUT2D eigenvalue weighted by Gasteiger charge is -2.39. The maximum absolute atomic E-state index is 2.43. The maximum atomic E-state index is 2.43. The zero-order chi connectivity index (χ0) is 69.2. The topological polar surface area (TPSA) is 0 Å². The third-order valence-corrected chi connectivity index (χ3v) is 19.4. The van der Waals surface area contributed by atoms with Crippen LogP contribution in [0.1, 0.15) is 475 Å². The smallest absolute Gasteiger partial charge is 0.0248 e. The average Bonchev–Trinajstić information content (AvgIpc) is 4.05. The zero-order valence-electron chi connectivity index (χ0n) is 69.2. The molecule has 1 atom stereocenters. The van der Waals surface area contributed by atoms with Gasteiger partial charge in [0.15, 0.2) is 0 Å². The van der Waals surface area contributed by atoms with Gasteiger partial charge in [0.05, 0.1) is 0 Å². The molecule has 1 aliphatic carbocycles. The molecule has 1 fully saturated rings. The molecule has 0 radical (unpaired) electrons. The summed E-state index contributed by atoms with van der Waals surface area (Å²) in [4.78, 5) is 0. The Morgan fingerprint density at radius 2 is 0.419 bits per heavy atom. The second-order valence-electron chi connectivity index (χ2n) is 43.9. The Hall–Kier alpha value is 0. The van der Waals surface area contributed by atoms with E-state index in [2.05, 4.69) is 270 Å². The molecule has 0 heterocycles. The van der Waals surface area contributed by atoms with E-state index in [-0.39, 0.29) is 0 Å². The molecule has 1 saturated carbocycles. The van der Waals surface area contributed by atoms with E-state index in [9.17, 15) is 0 Å². The SMILES string of the molecule is CC(C)(C)CCCCC(C)(C)C.CC(C)(C)CCCCCC(C)(C)C.CC(C)(C)CCCCCC(C)(C)C(C)(C)C.CC(C)(C)CCCCCC1(C(C)(C)C)CC1.CC(C)(C)CCCCCCC(C)(C)C.C[C@@H](CCCCCC(C)(C)C)C(C)(C)C. The minimum absolute atomic E-state index is 0.428. The lowest BCUT2D eigenvalue weighted by molar-refractivity contribution is 0.115. The second kappa shape index (κ2) is 42.4. The van der Waals surface area contributed by atoms with Crippen LogP contribution < -0.4 is 0 Å². The molecule has 0 aromatic carbocycles. The number of hydrogen-bond donors (Lipinski definition) is 0. The van der Waals surface area contributed by atoms with E-state index in [4.69, 9.17) is 0 Å². The highest BCUT2D eigenvalue weighted by atomic mass is 14.6. The van der Waals surface area contributed by atoms with E-state index in [1.807, 2.05) is 0 Å². The molecule has 0 aromatic heterocycles. The first-order valence-electron chi connectivity index (χ1n) is 37.9. The summed E-state index contributed by atoms with van der Waals surface area (Å²) in [5.74, 6) is 0.854. The fourth-order valence-electron chi connectivity index (χ4n) is 10.8. The van der Waals surface area contributed by atoms with Crippen LogP contribution >= 0.6 is 0 Å². The molecule has 86 heavy (non-hydrogen) atoms. The lowest BCUT2D eigenvalue weighted by atomic mass is 9.66. The predicted molar refractivity (Wildman–Crippen MR) is 407 cm³/mol. The van der Waals surface area contributed by atoms with E-state index in [1.165, 1.54) is 205 Å². The van der Waals surface area contributed by atoms with Gasteiger partial charge in [-0.2, -0.15) is 0 Å². The number of unbranched alkanes of at least 4 members (excludes halogenated alkanes) is 12. The Kier molecular flexibility index (Phi) is 46.6. The minimum atomic E-state index is 0.428. The van der Waals surface area contributed by atoms with E-state index >= 15 is 0 Å². The average molecular weight is 1220 g/mol. The number of rotatable bonds is 27. The summed E-state index contributed by atoms with van der Waals surface area (Å²) in [5.41, 5.74) is 7.38. The van der Waals surface area contributed by atoms with E-state index in [0.29, 0.717) is 75.8 Å². The first-order valence-corrected chi connectivity index (χ1v) is 37.9. The van der Waals surface area contributed by atoms with Crippen LogP contribution in [0.15, 0.2) is 0 Å². The monoisotopic (exact) mass is 1220 g/mol. The highest BCUT2D eigenvalue weighted by Crippen LogP contribution is 2.61. The van der Waals surface area contributed by atoms with E-state index in [0.717, 1.165) is 5.92 Å². The largest absolute Gasteiger partial charge is 0.0620 e. The molecule has 0 heteroatoms. The first-order chi connectivity index (χ1) is 37.9. The van der Waals surface area contributed by atoms with Gasteiger partial charge in [-0.3, -0.25) is 0 Å². The van der Waals surface area contributed by atoms with Crippen molar-refractivity contribution < 1.29 is 0 Å². The quantitative estimate of drug-likeness (QED) is 0.0719. The van der Waals surface area contributed by atoms with Crippen molar-refractivity contribution in [3.8, 4) is 0 Å². The molecule has 526 valence electrons. The van der Waals surface area contributed by atoms with Crippen LogP contribution in [0.25, 0.3) is 0 Å². The van der Waals surface area contributed by atoms with Gasteiger partial charge in [0.1, 0.15) is 0 Å². The van der Waals surface area contributed by atoms with Crippen molar-refractivity contribution in [2.24, 2.45) is 81.7 Å². The van der Waals surface area contributed by atoms with Crippen molar-refractivity contribution in [2.75, 3.05) is 0 Å². The fourth-order valence-corrected chi connectivity index (χ4v) is 10.8. The third-order valence-electron chi connectivity index (χ3n) is 19.4. The van der Waals surface area contributed by atoms with Crippen LogP contribution in [0.2, 0.25) is 0 Å². The van der Waals surface area contributed by atoms with Gasteiger partial charge in [0, 0.05) is 0 Å². The second-order valence-corrected chi connectivity index (χ2v) is 43.9. The van der Waals surface area contributed by atoms with Gasteiger partial charge in [-0.25, -0.2) is 0 Å². The van der Waals surface area contributed by atoms with Gasteiger partial charge < -0.3 is 0 Å². The molecular formula is C86H182. The summed E-state index contributed by atoms with van der Waals surface area (Å²) in [6, 6.07) is 0. The van der Waals surface area contributed by atoms with Crippen molar-refractivity contribution >= 4 is 0 Å². The summed E-state index contributed by atoms with van der Waals surface area (Å²) in [6.07, 6.45) is 44.9. The van der Waals surface area contributed by atoms with Crippen LogP contribution in [0.4, 0.5) is 0 Å². The molecule has 1 aliphatic rings. The Labute approximate surface area is 554 Å². The summed E-state index contributed by atoms with van der Waals surface area (Å²) >= 11 is 0. The summed E-state index contributed by atoms with van der Waals surface area (Å²) in [6.45, 7) is 91.7. The Morgan fingerprint density at radius 1 is 0.233 bits per heavy atom. The molecule has 0 aromatic rings. The van der Waals surface area contributed by atoms with Gasteiger partial charge in [0.25, 0.3) is 0 Å². The Balaban J connectivity index is -0.000000306. The fraction of sp³-hybridized carbons (Fsp3) is 1.00. The third kappa shape index (κ3) is 74.7. The molecule has 0 N–H and O–H groups in total. The first kappa shape index (κ1) is 94.7. The molecule has 0 bridgehead atoms. The van der Waals surface area contributed by atoms with Crippen molar-refractivity contribution in [2.45, 2.75) is 475 Å². The highest BCUT2D eigenvalue weighted by Gasteiger charge is 2.50. The van der Waals surface area contributed by atoms with Gasteiger partial charge in [-0.05, 0) is 165 Å². The van der Waals surface area contributed by atoms with E-state index in [1.54, 1.807) is 0 Å². The Bertz CT molecular complexity index is 1430. The predicted octanol–water partition coefficient (Wildman–Crippen LogP) is 32.6. The normalized spacial score (nSPS) is 15.1. The van der Waals surface area contributed by atoms with Crippen molar-refractivity contribution in [3.05, 3.63) is 0 Å². The highest BCUT2D eigenvalue weighted by molar-refractivity contribution is 5.01. The zero-order valence-corrected chi connectivity index (χ0v) is 69.2. The molecular weight excluding hydrogens is 1030 g/mol. The lowest BCUT2D eigenvalue weighted by Crippen LogP contribution is -2.29. The van der Waals surface area contributed by atoms with Gasteiger partial charge >= 0.3 is 0 Å². The van der Waals surface area contributed by atoms with Crippen LogP contribution in [-0.4, -0.2) is 0 Å². The molecule has 1 rings (SSSR count). The summed E-state index contributed by atoms with van der Waals surface area (Å²) in [5, 5.41) is 0. The number of hydrogen-bond acceptors (Lipinski definition) is 0. The van der Waals surface area contributed by atoms with Crippen LogP contribution in [-0.2, 0) is 0 Å². The van der Waals surface area contributed by atoms with Crippen LogP contribution in [0, 0.1) is 81.7 Å². The van der Waals surface area contributed by atoms with Crippen LogP contribution in [0.3, 0.4) is 0 Å². The summed E-state index contributed by atoms with van der Waals surface area (Å²) < 4.78 is 0. The van der Waals surface area contributed by atoms with Crippen molar-refractivity contribution in [1.29, 1.82) is 0 Å². The molecule has 0 spiro atoms. The standard InChI is InChI=1S/C16H32.C16H34.C15H32.C14H30.C13H28.C12H26/c1-14(2,3)10-8-7-9-11-16(12-13-16)15(4,5)6;1-14(2,3)12-10-9-11-13-16(7,8)15(4,5)6;1-13(15(5,6)7)11-9-8-10-12-14(2,3)4;1-13(2,3)11-9-7-8-10-12-14(4,5)6;1-12(2,3)10-8-7-9-11-13(4,5)6;1-11(2,3)9-7-8-10-12(4,5)6/h7-13H2,1-6H3;9-13H2,1-8H3;13H,8-12H2,1-7H3;7-12H2,1-6H3;7-11H2,1-6H3;7-10H2,1-6H3/t;;13-;;;/m..0.../s1.